The molecule has 1 N–H and O–H groups in total. The van der Waals surface area contributed by atoms with Gasteiger partial charge < -0.3 is 16.0 Å². The minimum atomic E-state index is -0.0115. The fourth-order valence-corrected chi connectivity index (χ4v) is 2.41. The van der Waals surface area contributed by atoms with Crippen LogP contribution in [0, 0.1) is 5.92 Å². The standard InChI is InChI=1S/C13H14NO2.W/c15-12(14-13-6-10(7-13)8-13)9-16-11-4-2-1-3-5-11;/h1-5H,6-9H2,(H,14,15);/q-1;. The van der Waals surface area contributed by atoms with Crippen LogP contribution in [0.1, 0.15) is 19.3 Å². The number of nitrogens with one attached hydrogen (secondary N) is 1. The summed E-state index contributed by atoms with van der Waals surface area (Å²) in [7, 11) is 0. The molecule has 90 valence electrons. The topological polar surface area (TPSA) is 38.3 Å². The zero-order valence-corrected chi connectivity index (χ0v) is 12.4. The van der Waals surface area contributed by atoms with Crippen molar-refractivity contribution in [3.05, 3.63) is 36.2 Å². The largest absolute Gasteiger partial charge is 0.484 e. The molecule has 0 aliphatic heterocycles. The van der Waals surface area contributed by atoms with E-state index in [9.17, 15) is 4.79 Å². The fraction of sp³-hybridized carbons (Fsp3) is 0.385. The van der Waals surface area contributed by atoms with Crippen LogP contribution in [0.25, 0.3) is 0 Å². The number of carbonyl (C=O) groups excluding carboxylic acids is 1. The van der Waals surface area contributed by atoms with Gasteiger partial charge in [0.05, 0.1) is 0 Å². The molecule has 3 saturated carbocycles. The van der Waals surface area contributed by atoms with Gasteiger partial charge in [0, 0.05) is 21.1 Å². The second-order valence-electron chi connectivity index (χ2n) is 4.71. The summed E-state index contributed by atoms with van der Waals surface area (Å²) in [5.41, 5.74) is 0.118. The van der Waals surface area contributed by atoms with Gasteiger partial charge in [0.25, 0.3) is 5.91 Å². The summed E-state index contributed by atoms with van der Waals surface area (Å²) in [4.78, 5) is 11.6. The van der Waals surface area contributed by atoms with Gasteiger partial charge in [0.1, 0.15) is 5.75 Å². The van der Waals surface area contributed by atoms with Gasteiger partial charge in [-0.25, -0.2) is 0 Å². The number of ether oxygens (including phenoxy) is 1. The summed E-state index contributed by atoms with van der Waals surface area (Å²) in [6.07, 6.45) is 3.26. The second-order valence-corrected chi connectivity index (χ2v) is 4.71. The van der Waals surface area contributed by atoms with E-state index in [1.165, 1.54) is 0 Å². The van der Waals surface area contributed by atoms with Crippen LogP contribution in [0.2, 0.25) is 0 Å². The molecular weight excluding hydrogens is 386 g/mol. The summed E-state index contributed by atoms with van der Waals surface area (Å²) in [6.45, 7) is 0.112. The molecule has 0 heterocycles. The van der Waals surface area contributed by atoms with Crippen LogP contribution in [-0.4, -0.2) is 18.1 Å². The van der Waals surface area contributed by atoms with Gasteiger partial charge in [0.2, 0.25) is 0 Å². The molecule has 4 rings (SSSR count). The van der Waals surface area contributed by atoms with Crippen molar-refractivity contribution in [1.82, 2.24) is 5.32 Å². The van der Waals surface area contributed by atoms with Crippen LogP contribution in [0.3, 0.4) is 0 Å². The van der Waals surface area contributed by atoms with Crippen LogP contribution in [0.5, 0.6) is 5.75 Å². The molecule has 3 aliphatic carbocycles. The first kappa shape index (κ1) is 12.6. The van der Waals surface area contributed by atoms with Gasteiger partial charge in [-0.1, -0.05) is 18.2 Å². The van der Waals surface area contributed by atoms with E-state index in [1.54, 1.807) is 5.92 Å². The zero-order chi connectivity index (χ0) is 11.0. The van der Waals surface area contributed by atoms with Crippen molar-refractivity contribution >= 4 is 5.91 Å². The summed E-state index contributed by atoms with van der Waals surface area (Å²) in [5, 5.41) is 3.04. The van der Waals surface area contributed by atoms with Gasteiger partial charge in [-0.3, -0.25) is 4.79 Å². The Morgan fingerprint density at radius 2 is 1.94 bits per heavy atom. The average molecular weight is 400 g/mol. The minimum absolute atomic E-state index is 0. The number of para-hydroxylation sites is 1. The molecule has 0 saturated heterocycles. The van der Waals surface area contributed by atoms with Gasteiger partial charge >= 0.3 is 0 Å². The second kappa shape index (κ2) is 4.81. The van der Waals surface area contributed by atoms with Crippen LogP contribution in [0.15, 0.2) is 30.3 Å². The Morgan fingerprint density at radius 3 is 2.47 bits per heavy atom. The molecular formula is C13H14NO2W-. The predicted molar refractivity (Wildman–Crippen MR) is 59.9 cm³/mol. The Hall–Kier alpha value is -0.822. The van der Waals surface area contributed by atoms with Gasteiger partial charge in [0.15, 0.2) is 6.61 Å². The normalized spacial score (nSPS) is 19.3. The maximum Gasteiger partial charge on any atom is 0.258 e. The summed E-state index contributed by atoms with van der Waals surface area (Å²) in [5.74, 6) is 2.32. The van der Waals surface area contributed by atoms with E-state index in [4.69, 9.17) is 4.74 Å². The van der Waals surface area contributed by atoms with Crippen molar-refractivity contribution in [3.63, 3.8) is 0 Å². The first-order valence-electron chi connectivity index (χ1n) is 5.58. The molecule has 17 heavy (non-hydrogen) atoms. The van der Waals surface area contributed by atoms with Gasteiger partial charge in [-0.05, 0) is 17.7 Å². The van der Waals surface area contributed by atoms with E-state index >= 15 is 0 Å². The molecule has 0 radical (unpaired) electrons. The smallest absolute Gasteiger partial charge is 0.258 e. The third-order valence-electron chi connectivity index (χ3n) is 3.28. The molecule has 3 nitrogen and oxygen atoms in total. The van der Waals surface area contributed by atoms with Crippen LogP contribution < -0.4 is 10.1 Å². The molecule has 1 aromatic carbocycles. The summed E-state index contributed by atoms with van der Waals surface area (Å²) < 4.78 is 5.38. The first-order chi connectivity index (χ1) is 7.76. The van der Waals surface area contributed by atoms with E-state index in [1.807, 2.05) is 30.3 Å². The molecule has 0 atom stereocenters. The molecule has 1 aromatic rings. The van der Waals surface area contributed by atoms with Crippen molar-refractivity contribution in [2.75, 3.05) is 6.61 Å². The third-order valence-corrected chi connectivity index (χ3v) is 3.28. The Morgan fingerprint density at radius 1 is 1.29 bits per heavy atom. The van der Waals surface area contributed by atoms with Crippen molar-refractivity contribution in [2.24, 2.45) is 0 Å². The molecule has 2 bridgehead atoms. The minimum Gasteiger partial charge on any atom is -0.484 e. The Bertz CT molecular complexity index is 390. The van der Waals surface area contributed by atoms with E-state index in [-0.39, 0.29) is 39.1 Å². The number of carbonyl (C=O) groups is 1. The van der Waals surface area contributed by atoms with E-state index in [0.717, 1.165) is 25.0 Å². The SMILES string of the molecule is O=C(COc1ccccc1)NC12C[C-](C1)C2.[W]. The number of hydrogen-bond donors (Lipinski definition) is 1. The summed E-state index contributed by atoms with van der Waals surface area (Å²) >= 11 is 0. The Kier molecular flexibility index (Phi) is 3.58. The van der Waals surface area contributed by atoms with Gasteiger partial charge in [-0.2, -0.15) is 19.3 Å². The molecule has 3 fully saturated rings. The van der Waals surface area contributed by atoms with Crippen molar-refractivity contribution in [3.8, 4) is 5.75 Å². The van der Waals surface area contributed by atoms with E-state index in [2.05, 4.69) is 5.32 Å². The van der Waals surface area contributed by atoms with Crippen LogP contribution in [-0.2, 0) is 25.9 Å². The number of amides is 1. The summed E-state index contributed by atoms with van der Waals surface area (Å²) in [6, 6.07) is 9.41. The Balaban J connectivity index is 0.00000108. The predicted octanol–water partition coefficient (Wildman–Crippen LogP) is 1.69. The monoisotopic (exact) mass is 400 g/mol. The quantitative estimate of drug-likeness (QED) is 0.782. The maximum atomic E-state index is 11.6. The van der Waals surface area contributed by atoms with Gasteiger partial charge in [-0.15, -0.1) is 0 Å². The number of hydrogen-bond acceptors (Lipinski definition) is 2. The van der Waals surface area contributed by atoms with E-state index < -0.39 is 0 Å². The maximum absolute atomic E-state index is 11.6. The first-order valence-corrected chi connectivity index (χ1v) is 5.58. The average Bonchev–Trinajstić information content (AvgIpc) is 2.20. The molecule has 0 aromatic heterocycles. The Labute approximate surface area is 115 Å². The van der Waals surface area contributed by atoms with Crippen molar-refractivity contribution < 1.29 is 30.6 Å². The van der Waals surface area contributed by atoms with E-state index in [0.29, 0.717) is 0 Å². The zero-order valence-electron chi connectivity index (χ0n) is 9.44. The molecule has 4 heteroatoms. The molecule has 3 aliphatic rings. The van der Waals surface area contributed by atoms with Crippen molar-refractivity contribution in [1.29, 1.82) is 0 Å². The molecule has 0 unspecified atom stereocenters. The fourth-order valence-electron chi connectivity index (χ4n) is 2.41. The third kappa shape index (κ3) is 2.55. The molecule has 0 spiro atoms. The van der Waals surface area contributed by atoms with Crippen LogP contribution in [0.4, 0.5) is 0 Å². The van der Waals surface area contributed by atoms with Crippen LogP contribution >= 0.6 is 0 Å². The number of rotatable bonds is 4. The van der Waals surface area contributed by atoms with Crippen molar-refractivity contribution in [2.45, 2.75) is 24.8 Å². The molecule has 1 amide bonds. The number of benzene rings is 1.